The normalized spacial score (nSPS) is 12.7. The summed E-state index contributed by atoms with van der Waals surface area (Å²) in [4.78, 5) is 24.6. The second-order valence-corrected chi connectivity index (χ2v) is 24.2. The first kappa shape index (κ1) is 76.1. The van der Waals surface area contributed by atoms with Gasteiger partial charge in [0.2, 0.25) is 5.91 Å². The molecule has 0 aromatic rings. The number of aliphatic hydroxyl groups excluding tert-OH is 2. The minimum atomic E-state index is -0.846. The Morgan fingerprint density at radius 3 is 0.974 bits per heavy atom. The van der Waals surface area contributed by atoms with E-state index in [0.717, 1.165) is 44.9 Å². The Bertz CT molecular complexity index is 1260. The summed E-state index contributed by atoms with van der Waals surface area (Å²) in [6, 6.07) is -0.629. The molecule has 3 N–H and O–H groups in total. The van der Waals surface area contributed by atoms with Gasteiger partial charge < -0.3 is 20.3 Å². The average Bonchev–Trinajstić information content (AvgIpc) is 3.44. The molecule has 2 atom stereocenters. The fourth-order valence-corrected chi connectivity index (χ4v) is 11.0. The number of hydrogen-bond acceptors (Lipinski definition) is 5. The summed E-state index contributed by atoms with van der Waals surface area (Å²) in [6.07, 6.45) is 86.5. The van der Waals surface area contributed by atoms with Crippen LogP contribution in [-0.2, 0) is 14.3 Å². The number of carbonyl (C=O) groups is 2. The van der Waals surface area contributed by atoms with Gasteiger partial charge >= 0.3 is 5.97 Å². The van der Waals surface area contributed by atoms with Crippen LogP contribution in [0.15, 0.2) is 36.5 Å². The Morgan fingerprint density at radius 2 is 0.641 bits per heavy atom. The Labute approximate surface area is 487 Å². The molecule has 0 bridgehead atoms. The summed E-state index contributed by atoms with van der Waals surface area (Å²) in [5, 5.41) is 23.2. The molecule has 1 amide bonds. The molecule has 0 aliphatic carbocycles. The van der Waals surface area contributed by atoms with Crippen molar-refractivity contribution < 1.29 is 24.5 Å². The Balaban J connectivity index is 3.41. The van der Waals surface area contributed by atoms with E-state index < -0.39 is 12.1 Å². The van der Waals surface area contributed by atoms with Gasteiger partial charge in [-0.05, 0) is 64.2 Å². The van der Waals surface area contributed by atoms with E-state index in [1.165, 1.54) is 315 Å². The summed E-state index contributed by atoms with van der Waals surface area (Å²) in [6.45, 7) is 4.93. The van der Waals surface area contributed by atoms with Crippen LogP contribution in [0.25, 0.3) is 0 Å². The number of amides is 1. The van der Waals surface area contributed by atoms with Gasteiger partial charge in [0, 0.05) is 12.8 Å². The lowest BCUT2D eigenvalue weighted by molar-refractivity contribution is -0.143. The highest BCUT2D eigenvalue weighted by molar-refractivity contribution is 5.76. The van der Waals surface area contributed by atoms with E-state index >= 15 is 0 Å². The molecule has 0 rings (SSSR count). The first-order valence-electron chi connectivity index (χ1n) is 35.3. The van der Waals surface area contributed by atoms with Gasteiger partial charge in [-0.2, -0.15) is 0 Å². The van der Waals surface area contributed by atoms with Crippen molar-refractivity contribution >= 4 is 11.9 Å². The van der Waals surface area contributed by atoms with Gasteiger partial charge in [-0.15, -0.1) is 0 Å². The maximum Gasteiger partial charge on any atom is 0.305 e. The molecule has 0 saturated carbocycles. The SMILES string of the molecule is CCCCCCCCCCCCCCCCC/C=C/C(O)C(CO)NC(=O)CCCCCCCCCCCCCCC/C=C\C/C=C\CCCCCCCCCCCOC(=O)CCCCCCCCCCCCCCCCC. The predicted octanol–water partition coefficient (Wildman–Crippen LogP) is 22.7. The van der Waals surface area contributed by atoms with Crippen molar-refractivity contribution in [3.8, 4) is 0 Å². The van der Waals surface area contributed by atoms with E-state index in [1.54, 1.807) is 6.08 Å². The first-order valence-corrected chi connectivity index (χ1v) is 35.3. The minimum absolute atomic E-state index is 0.0150. The second kappa shape index (κ2) is 67.6. The highest BCUT2D eigenvalue weighted by Crippen LogP contribution is 2.18. The molecule has 2 unspecified atom stereocenters. The number of ether oxygens (including phenoxy) is 1. The lowest BCUT2D eigenvalue weighted by atomic mass is 10.0. The summed E-state index contributed by atoms with van der Waals surface area (Å²) in [5.41, 5.74) is 0. The minimum Gasteiger partial charge on any atom is -0.466 e. The quantitative estimate of drug-likeness (QED) is 0.0320. The van der Waals surface area contributed by atoms with Crippen molar-refractivity contribution in [1.82, 2.24) is 5.32 Å². The number of esters is 1. The Kier molecular flexibility index (Phi) is 65.9. The van der Waals surface area contributed by atoms with Crippen LogP contribution in [0.3, 0.4) is 0 Å². The third-order valence-electron chi connectivity index (χ3n) is 16.4. The Hall–Kier alpha value is -1.92. The topological polar surface area (TPSA) is 95.9 Å². The zero-order chi connectivity index (χ0) is 56.4. The van der Waals surface area contributed by atoms with E-state index in [0.29, 0.717) is 19.4 Å². The zero-order valence-electron chi connectivity index (χ0n) is 52.7. The fraction of sp³-hybridized carbons (Fsp3) is 0.889. The molecule has 0 radical (unpaired) electrons. The van der Waals surface area contributed by atoms with Crippen LogP contribution in [0, 0.1) is 0 Å². The van der Waals surface area contributed by atoms with Crippen LogP contribution in [-0.4, -0.2) is 47.4 Å². The van der Waals surface area contributed by atoms with Gasteiger partial charge in [-0.25, -0.2) is 0 Å². The van der Waals surface area contributed by atoms with E-state index in [1.807, 2.05) is 6.08 Å². The van der Waals surface area contributed by atoms with Gasteiger partial charge in [-0.3, -0.25) is 9.59 Å². The maximum absolute atomic E-state index is 12.5. The van der Waals surface area contributed by atoms with Crippen LogP contribution < -0.4 is 5.32 Å². The van der Waals surface area contributed by atoms with Gasteiger partial charge in [0.15, 0.2) is 0 Å². The van der Waals surface area contributed by atoms with Gasteiger partial charge in [0.1, 0.15) is 0 Å². The fourth-order valence-electron chi connectivity index (χ4n) is 11.0. The van der Waals surface area contributed by atoms with Crippen molar-refractivity contribution in [2.24, 2.45) is 0 Å². The van der Waals surface area contributed by atoms with Crippen molar-refractivity contribution in [3.63, 3.8) is 0 Å². The predicted molar refractivity (Wildman–Crippen MR) is 343 cm³/mol. The van der Waals surface area contributed by atoms with Crippen molar-refractivity contribution in [2.45, 2.75) is 398 Å². The van der Waals surface area contributed by atoms with Gasteiger partial charge in [0.25, 0.3) is 0 Å². The van der Waals surface area contributed by atoms with Crippen LogP contribution in [0.5, 0.6) is 0 Å². The van der Waals surface area contributed by atoms with Crippen LogP contribution >= 0.6 is 0 Å². The first-order chi connectivity index (χ1) is 38.5. The molecule has 78 heavy (non-hydrogen) atoms. The summed E-state index contributed by atoms with van der Waals surface area (Å²) in [7, 11) is 0. The molecular formula is C72H137NO5. The second-order valence-electron chi connectivity index (χ2n) is 24.2. The highest BCUT2D eigenvalue weighted by Gasteiger charge is 2.18. The number of rotatable bonds is 66. The van der Waals surface area contributed by atoms with Crippen LogP contribution in [0.1, 0.15) is 386 Å². The van der Waals surface area contributed by atoms with Crippen molar-refractivity contribution in [3.05, 3.63) is 36.5 Å². The molecule has 0 aliphatic rings. The van der Waals surface area contributed by atoms with E-state index in [4.69, 9.17) is 4.74 Å². The Morgan fingerprint density at radius 1 is 0.359 bits per heavy atom. The molecule has 0 heterocycles. The average molecular weight is 1100 g/mol. The van der Waals surface area contributed by atoms with Gasteiger partial charge in [0.05, 0.1) is 25.4 Å². The summed E-state index contributed by atoms with van der Waals surface area (Å²) in [5.74, 6) is -0.0514. The van der Waals surface area contributed by atoms with E-state index in [-0.39, 0.29) is 18.5 Å². The summed E-state index contributed by atoms with van der Waals surface area (Å²) < 4.78 is 5.49. The van der Waals surface area contributed by atoms with Crippen LogP contribution in [0.2, 0.25) is 0 Å². The standard InChI is InChI=1S/C72H137NO5/c1-3-5-7-9-11-13-15-17-19-33-37-40-44-48-52-56-60-64-70(75)69(68-74)73-71(76)65-61-57-53-49-45-41-38-34-31-29-27-25-23-21-20-22-24-26-28-30-32-35-39-43-47-51-55-59-63-67-78-72(77)66-62-58-54-50-46-42-36-18-16-14-12-10-8-6-4-2/h20,22,26,28,60,64,69-70,74-75H,3-19,21,23-25,27,29-59,61-63,65-68H2,1-2H3,(H,73,76)/b22-20-,28-26-,64-60+. The lowest BCUT2D eigenvalue weighted by Crippen LogP contribution is -2.45. The van der Waals surface area contributed by atoms with Gasteiger partial charge in [-0.1, -0.05) is 346 Å². The molecule has 460 valence electrons. The van der Waals surface area contributed by atoms with Crippen LogP contribution in [0.4, 0.5) is 0 Å². The third kappa shape index (κ3) is 63.3. The number of hydrogen-bond donors (Lipinski definition) is 3. The molecule has 0 spiro atoms. The highest BCUT2D eigenvalue weighted by atomic mass is 16.5. The zero-order valence-corrected chi connectivity index (χ0v) is 52.7. The largest absolute Gasteiger partial charge is 0.466 e. The lowest BCUT2D eigenvalue weighted by Gasteiger charge is -2.20. The number of allylic oxidation sites excluding steroid dienone is 5. The molecule has 0 aromatic heterocycles. The molecular weight excluding hydrogens is 959 g/mol. The monoisotopic (exact) mass is 1100 g/mol. The molecule has 0 aliphatic heterocycles. The van der Waals surface area contributed by atoms with Crippen molar-refractivity contribution in [1.29, 1.82) is 0 Å². The summed E-state index contributed by atoms with van der Waals surface area (Å²) >= 11 is 0. The number of unbranched alkanes of at least 4 members (excludes halogenated alkanes) is 51. The third-order valence-corrected chi connectivity index (χ3v) is 16.4. The number of aliphatic hydroxyl groups is 2. The molecule has 0 aromatic carbocycles. The smallest absolute Gasteiger partial charge is 0.305 e. The molecule has 6 nitrogen and oxygen atoms in total. The molecule has 0 fully saturated rings. The number of nitrogens with one attached hydrogen (secondary N) is 1. The van der Waals surface area contributed by atoms with Crippen molar-refractivity contribution in [2.75, 3.05) is 13.2 Å². The molecule has 6 heteroatoms. The maximum atomic E-state index is 12.5. The van der Waals surface area contributed by atoms with E-state index in [2.05, 4.69) is 43.5 Å². The number of carbonyl (C=O) groups excluding carboxylic acids is 2. The molecule has 0 saturated heterocycles. The van der Waals surface area contributed by atoms with E-state index in [9.17, 15) is 19.8 Å².